The number of carboxylic acids is 1. The molecule has 11 heteroatoms. The predicted molar refractivity (Wildman–Crippen MR) is 205 cm³/mol. The van der Waals surface area contributed by atoms with Crippen molar-refractivity contribution in [2.45, 2.75) is 85.1 Å². The summed E-state index contributed by atoms with van der Waals surface area (Å²) in [5.41, 5.74) is 15.3. The van der Waals surface area contributed by atoms with E-state index < -0.39 is 5.97 Å². The summed E-state index contributed by atoms with van der Waals surface area (Å²) >= 11 is 6.80. The molecule has 4 N–H and O–H groups in total. The number of anilines is 1. The molecule has 2 aliphatic rings. The van der Waals surface area contributed by atoms with Gasteiger partial charge in [0.1, 0.15) is 11.4 Å². The van der Waals surface area contributed by atoms with Crippen molar-refractivity contribution in [3.8, 4) is 5.75 Å². The summed E-state index contributed by atoms with van der Waals surface area (Å²) in [5, 5.41) is 26.5. The van der Waals surface area contributed by atoms with Crippen LogP contribution in [0.2, 0.25) is 5.02 Å². The van der Waals surface area contributed by atoms with Crippen LogP contribution in [-0.4, -0.2) is 56.3 Å². The number of ether oxygens (including phenoxy) is 1. The minimum Gasteiger partial charge on any atom is -0.491 e. The SMILES string of the molecule is C/C=N/N1CCCC/C1=C\c1c(Cl)ccc2c(CCCOc3cc(CCc4cc(CN)nn4C)cc4c3NCCC4)c(C(=O)O)n(C)c12.CC. The summed E-state index contributed by atoms with van der Waals surface area (Å²) < 4.78 is 10.2. The van der Waals surface area contributed by atoms with Gasteiger partial charge in [-0.3, -0.25) is 9.69 Å². The van der Waals surface area contributed by atoms with E-state index in [4.69, 9.17) is 22.1 Å². The van der Waals surface area contributed by atoms with Crippen LogP contribution in [0.25, 0.3) is 17.0 Å². The average Bonchev–Trinajstić information content (AvgIpc) is 3.63. The molecule has 0 aliphatic carbocycles. The molecule has 2 aromatic heterocycles. The van der Waals surface area contributed by atoms with Gasteiger partial charge >= 0.3 is 5.97 Å². The molecule has 0 atom stereocenters. The number of hydrazone groups is 1. The van der Waals surface area contributed by atoms with Gasteiger partial charge in [-0.1, -0.05) is 37.6 Å². The lowest BCUT2D eigenvalue weighted by atomic mass is 9.97. The van der Waals surface area contributed by atoms with Gasteiger partial charge in [0, 0.05) is 67.3 Å². The van der Waals surface area contributed by atoms with Crippen molar-refractivity contribution in [1.82, 2.24) is 19.4 Å². The Kier molecular flexibility index (Phi) is 12.6. The number of fused-ring (bicyclic) bond motifs is 2. The molecule has 0 bridgehead atoms. The van der Waals surface area contributed by atoms with Gasteiger partial charge in [0.15, 0.2) is 0 Å². The van der Waals surface area contributed by atoms with Crippen LogP contribution in [0.1, 0.15) is 97.0 Å². The summed E-state index contributed by atoms with van der Waals surface area (Å²) in [6.07, 6.45) is 12.0. The molecule has 0 spiro atoms. The lowest BCUT2D eigenvalue weighted by Gasteiger charge is -2.27. The number of carboxylic acid groups (broad SMARTS) is 1. The number of nitrogens with zero attached hydrogens (tertiary/aromatic N) is 5. The number of allylic oxidation sites excluding steroid dienone is 1. The summed E-state index contributed by atoms with van der Waals surface area (Å²) in [6.45, 7) is 8.58. The minimum absolute atomic E-state index is 0.285. The third-order valence-electron chi connectivity index (χ3n) is 9.50. The van der Waals surface area contributed by atoms with Crippen molar-refractivity contribution < 1.29 is 14.6 Å². The molecule has 0 amide bonds. The molecule has 0 saturated carbocycles. The van der Waals surface area contributed by atoms with Crippen molar-refractivity contribution in [3.63, 3.8) is 0 Å². The molecule has 1 saturated heterocycles. The second kappa shape index (κ2) is 17.1. The van der Waals surface area contributed by atoms with Crippen LogP contribution in [0, 0.1) is 0 Å². The Morgan fingerprint density at radius 1 is 1.12 bits per heavy atom. The molecule has 2 aliphatic heterocycles. The van der Waals surface area contributed by atoms with Gasteiger partial charge in [-0.15, -0.1) is 0 Å². The number of nitrogens with two attached hydrogens (primary N) is 1. The fourth-order valence-electron chi connectivity index (χ4n) is 7.21. The largest absolute Gasteiger partial charge is 0.491 e. The number of piperidine rings is 1. The van der Waals surface area contributed by atoms with E-state index >= 15 is 0 Å². The zero-order chi connectivity index (χ0) is 35.8. The first-order valence-corrected chi connectivity index (χ1v) is 18.4. The Labute approximate surface area is 300 Å². The Balaban J connectivity index is 0.00000239. The van der Waals surface area contributed by atoms with Gasteiger partial charge in [0.25, 0.3) is 0 Å². The second-order valence-electron chi connectivity index (χ2n) is 12.7. The smallest absolute Gasteiger partial charge is 0.352 e. The normalized spacial score (nSPS) is 15.3. The van der Waals surface area contributed by atoms with Crippen molar-refractivity contribution in [3.05, 3.63) is 80.4 Å². The lowest BCUT2D eigenvalue weighted by molar-refractivity contribution is 0.0685. The zero-order valence-electron chi connectivity index (χ0n) is 30.2. The topological polar surface area (TPSA) is 123 Å². The third kappa shape index (κ3) is 8.02. The van der Waals surface area contributed by atoms with Gasteiger partial charge in [0.2, 0.25) is 0 Å². The van der Waals surface area contributed by atoms with Gasteiger partial charge in [-0.2, -0.15) is 10.2 Å². The highest BCUT2D eigenvalue weighted by atomic mass is 35.5. The Hall–Kier alpha value is -4.28. The Morgan fingerprint density at radius 3 is 2.68 bits per heavy atom. The van der Waals surface area contributed by atoms with E-state index in [1.54, 1.807) is 10.8 Å². The highest BCUT2D eigenvalue weighted by Gasteiger charge is 2.24. The first kappa shape index (κ1) is 37.0. The number of carbonyl (C=O) groups is 1. The number of hydrogen-bond donors (Lipinski definition) is 3. The maximum Gasteiger partial charge on any atom is 0.352 e. The van der Waals surface area contributed by atoms with Gasteiger partial charge in [0.05, 0.1) is 23.5 Å². The van der Waals surface area contributed by atoms with E-state index in [2.05, 4.69) is 39.8 Å². The summed E-state index contributed by atoms with van der Waals surface area (Å²) in [6, 6.07) is 10.4. The molecule has 6 rings (SSSR count). The van der Waals surface area contributed by atoms with Crippen molar-refractivity contribution >= 4 is 46.5 Å². The van der Waals surface area contributed by atoms with Crippen LogP contribution < -0.4 is 15.8 Å². The second-order valence-corrected chi connectivity index (χ2v) is 13.1. The van der Waals surface area contributed by atoms with Crippen molar-refractivity contribution in [2.24, 2.45) is 24.9 Å². The molecule has 2 aromatic carbocycles. The highest BCUT2D eigenvalue weighted by Crippen LogP contribution is 2.37. The van der Waals surface area contributed by atoms with Gasteiger partial charge in [-0.05, 0) is 106 Å². The molecule has 4 heterocycles. The maximum atomic E-state index is 12.6. The summed E-state index contributed by atoms with van der Waals surface area (Å²) in [5.74, 6) is -0.0918. The molecule has 10 nitrogen and oxygen atoms in total. The van der Waals surface area contributed by atoms with Crippen molar-refractivity contribution in [1.29, 1.82) is 0 Å². The monoisotopic (exact) mass is 701 g/mol. The number of benzene rings is 2. The van der Waals surface area contributed by atoms with Crippen LogP contribution in [0.3, 0.4) is 0 Å². The van der Waals surface area contributed by atoms with E-state index in [0.29, 0.717) is 31.0 Å². The Bertz CT molecular complexity index is 1870. The standard InChI is InChI=1S/C37H46ClN7O3.C2H6/c1-4-41-45-17-6-5-10-28(45)22-31-32(38)15-14-30-29(36(37(46)47)43(2)35(30)31)11-8-18-48-33-20-24(19-25-9-7-16-40-34(25)33)12-13-27-21-26(23-39)42-44(27)3;1-2/h4,14-15,19-22,40H,5-13,16-18,23,39H2,1-3H3,(H,46,47);1-2H3/b28-22+,41-4+;. The highest BCUT2D eigenvalue weighted by molar-refractivity contribution is 6.33. The van der Waals surface area contributed by atoms with E-state index in [9.17, 15) is 9.90 Å². The van der Waals surface area contributed by atoms with Crippen molar-refractivity contribution in [2.75, 3.05) is 25.0 Å². The van der Waals surface area contributed by atoms with E-state index in [1.807, 2.05) is 56.7 Å². The number of aromatic carboxylic acids is 1. The lowest BCUT2D eigenvalue weighted by Crippen LogP contribution is -2.22. The van der Waals surface area contributed by atoms with Crippen LogP contribution in [0.15, 0.2) is 41.1 Å². The molecule has 268 valence electrons. The van der Waals surface area contributed by atoms with E-state index in [-0.39, 0.29) is 5.69 Å². The number of nitrogens with one attached hydrogen (secondary N) is 1. The molecule has 4 aromatic rings. The predicted octanol–water partition coefficient (Wildman–Crippen LogP) is 7.74. The van der Waals surface area contributed by atoms with Crippen LogP contribution >= 0.6 is 11.6 Å². The summed E-state index contributed by atoms with van der Waals surface area (Å²) in [4.78, 5) is 12.6. The van der Waals surface area contributed by atoms with E-state index in [0.717, 1.165) is 109 Å². The van der Waals surface area contributed by atoms with Gasteiger partial charge in [-0.25, -0.2) is 4.79 Å². The van der Waals surface area contributed by atoms with Crippen LogP contribution in [0.5, 0.6) is 5.75 Å². The zero-order valence-corrected chi connectivity index (χ0v) is 30.9. The molecule has 50 heavy (non-hydrogen) atoms. The quantitative estimate of drug-likeness (QED) is 0.102. The first-order valence-electron chi connectivity index (χ1n) is 18.0. The molecule has 0 radical (unpaired) electrons. The van der Waals surface area contributed by atoms with E-state index in [1.165, 1.54) is 11.1 Å². The Morgan fingerprint density at radius 2 is 1.94 bits per heavy atom. The maximum absolute atomic E-state index is 12.6. The molecule has 0 unspecified atom stereocenters. The number of aromatic nitrogens is 3. The number of rotatable bonds is 12. The number of halogens is 1. The minimum atomic E-state index is -0.952. The molecular weight excluding hydrogens is 650 g/mol. The number of aryl methyl sites for hydroxylation is 6. The molecule has 1 fully saturated rings. The van der Waals surface area contributed by atoms with Crippen LogP contribution in [0.4, 0.5) is 5.69 Å². The summed E-state index contributed by atoms with van der Waals surface area (Å²) in [7, 11) is 3.78. The average molecular weight is 702 g/mol. The fourth-order valence-corrected chi connectivity index (χ4v) is 7.42. The first-order chi connectivity index (χ1) is 24.3. The third-order valence-corrected chi connectivity index (χ3v) is 9.83. The number of hydrogen-bond acceptors (Lipinski definition) is 7. The molecular formula is C39H52ClN7O3. The van der Waals surface area contributed by atoms with Gasteiger partial charge < -0.3 is 25.5 Å². The fraction of sp³-hybridized carbons (Fsp3) is 0.462. The van der Waals surface area contributed by atoms with Crippen LogP contribution in [-0.2, 0) is 46.3 Å².